The summed E-state index contributed by atoms with van der Waals surface area (Å²) in [6.45, 7) is 4.22. The molecule has 4 rings (SSSR count). The van der Waals surface area contributed by atoms with E-state index in [1.165, 1.54) is 0 Å². The van der Waals surface area contributed by atoms with Crippen LogP contribution in [0.4, 0.5) is 0 Å². The minimum atomic E-state index is 0.339. The Balaban J connectivity index is 1.99. The minimum absolute atomic E-state index is 0.339. The zero-order chi connectivity index (χ0) is 16.0. The van der Waals surface area contributed by atoms with Crippen molar-refractivity contribution in [1.29, 1.82) is 0 Å². The van der Waals surface area contributed by atoms with Crippen LogP contribution in [0.15, 0.2) is 48.7 Å². The molecule has 0 aliphatic heterocycles. The van der Waals surface area contributed by atoms with Gasteiger partial charge in [0.1, 0.15) is 5.15 Å². The van der Waals surface area contributed by atoms with E-state index in [0.29, 0.717) is 11.1 Å². The number of nitrogens with zero attached hydrogens (tertiary/aromatic N) is 4. The lowest BCUT2D eigenvalue weighted by Gasteiger charge is -2.07. The number of hydrogen-bond donors (Lipinski definition) is 0. The molecule has 4 nitrogen and oxygen atoms in total. The van der Waals surface area contributed by atoms with Crippen molar-refractivity contribution in [3.8, 4) is 11.1 Å². The van der Waals surface area contributed by atoms with Crippen molar-refractivity contribution in [3.05, 3.63) is 59.5 Å². The molecular formula is C18H15ClN4. The Morgan fingerprint density at radius 1 is 1.09 bits per heavy atom. The quantitative estimate of drug-likeness (QED) is 0.501. The Hall–Kier alpha value is -2.46. The molecule has 3 heterocycles. The third-order valence-corrected chi connectivity index (χ3v) is 4.19. The molecule has 0 aliphatic rings. The van der Waals surface area contributed by atoms with Crippen LogP contribution in [0.2, 0.25) is 5.15 Å². The van der Waals surface area contributed by atoms with Gasteiger partial charge in [0.25, 0.3) is 0 Å². The van der Waals surface area contributed by atoms with E-state index in [1.54, 1.807) is 4.52 Å². The molecular weight excluding hydrogens is 308 g/mol. The molecule has 0 saturated heterocycles. The van der Waals surface area contributed by atoms with Gasteiger partial charge in [-0.2, -0.15) is 9.61 Å². The van der Waals surface area contributed by atoms with Gasteiger partial charge in [0.05, 0.1) is 5.69 Å². The normalized spacial score (nSPS) is 11.7. The van der Waals surface area contributed by atoms with E-state index in [0.717, 1.165) is 33.5 Å². The monoisotopic (exact) mass is 322 g/mol. The second-order valence-electron chi connectivity index (χ2n) is 5.86. The number of hydrogen-bond acceptors (Lipinski definition) is 3. The van der Waals surface area contributed by atoms with Gasteiger partial charge in [-0.25, -0.2) is 9.97 Å². The van der Waals surface area contributed by atoms with Gasteiger partial charge in [-0.3, -0.25) is 0 Å². The summed E-state index contributed by atoms with van der Waals surface area (Å²) in [5, 5.41) is 6.00. The summed E-state index contributed by atoms with van der Waals surface area (Å²) < 4.78 is 1.77. The first-order valence-electron chi connectivity index (χ1n) is 7.54. The molecule has 0 spiro atoms. The lowest BCUT2D eigenvalue weighted by atomic mass is 10.1. The molecule has 0 amide bonds. The third-order valence-electron chi connectivity index (χ3n) is 3.91. The maximum absolute atomic E-state index is 6.43. The van der Waals surface area contributed by atoms with Crippen molar-refractivity contribution in [2.75, 3.05) is 0 Å². The van der Waals surface area contributed by atoms with Crippen molar-refractivity contribution >= 4 is 28.3 Å². The number of benzene rings is 1. The van der Waals surface area contributed by atoms with Crippen molar-refractivity contribution in [1.82, 2.24) is 19.6 Å². The predicted octanol–water partition coefficient (Wildman–Crippen LogP) is 4.72. The Labute approximate surface area is 138 Å². The van der Waals surface area contributed by atoms with Crippen molar-refractivity contribution in [3.63, 3.8) is 0 Å². The van der Waals surface area contributed by atoms with Gasteiger partial charge in [0, 0.05) is 23.2 Å². The lowest BCUT2D eigenvalue weighted by molar-refractivity contribution is 0.792. The number of aromatic nitrogens is 4. The largest absolute Gasteiger partial charge is 0.236 e. The third kappa shape index (κ3) is 2.35. The van der Waals surface area contributed by atoms with Crippen LogP contribution in [0, 0.1) is 0 Å². The van der Waals surface area contributed by atoms with E-state index < -0.39 is 0 Å². The molecule has 3 aromatic heterocycles. The fraction of sp³-hybridized carbons (Fsp3) is 0.167. The van der Waals surface area contributed by atoms with Crippen LogP contribution in [0.3, 0.4) is 0 Å². The van der Waals surface area contributed by atoms with E-state index in [1.807, 2.05) is 48.7 Å². The topological polar surface area (TPSA) is 43.1 Å². The van der Waals surface area contributed by atoms with Crippen LogP contribution < -0.4 is 0 Å². The van der Waals surface area contributed by atoms with E-state index in [-0.39, 0.29) is 0 Å². The first kappa shape index (κ1) is 14.2. The molecule has 0 bridgehead atoms. The highest BCUT2D eigenvalue weighted by molar-refractivity contribution is 6.32. The van der Waals surface area contributed by atoms with Crippen LogP contribution in [0.1, 0.15) is 25.5 Å². The molecule has 5 heteroatoms. The number of pyridine rings is 1. The highest BCUT2D eigenvalue weighted by atomic mass is 35.5. The molecule has 1 aromatic carbocycles. The molecule has 114 valence electrons. The van der Waals surface area contributed by atoms with E-state index in [2.05, 4.69) is 28.9 Å². The van der Waals surface area contributed by atoms with Gasteiger partial charge in [0.15, 0.2) is 11.3 Å². The van der Waals surface area contributed by atoms with Gasteiger partial charge in [-0.15, -0.1) is 0 Å². The molecule has 23 heavy (non-hydrogen) atoms. The van der Waals surface area contributed by atoms with Crippen LogP contribution in [-0.4, -0.2) is 19.6 Å². The van der Waals surface area contributed by atoms with Gasteiger partial charge >= 0.3 is 0 Å². The van der Waals surface area contributed by atoms with Crippen LogP contribution in [-0.2, 0) is 0 Å². The Morgan fingerprint density at radius 2 is 1.87 bits per heavy atom. The Morgan fingerprint density at radius 3 is 2.61 bits per heavy atom. The summed E-state index contributed by atoms with van der Waals surface area (Å²) in [6, 6.07) is 14.0. The highest BCUT2D eigenvalue weighted by Gasteiger charge is 2.13. The summed E-state index contributed by atoms with van der Waals surface area (Å²) in [4.78, 5) is 9.07. The Kier molecular flexibility index (Phi) is 3.27. The van der Waals surface area contributed by atoms with Gasteiger partial charge in [-0.05, 0) is 17.5 Å². The van der Waals surface area contributed by atoms with Crippen molar-refractivity contribution < 1.29 is 0 Å². The maximum Gasteiger partial charge on any atom is 0.166 e. The number of halogens is 1. The number of fused-ring (bicyclic) bond motifs is 3. The standard InChI is InChI=1S/C18H15ClN4/c1-11(2)15-9-16-20-10-13-8-14(12-6-4-3-5-7-12)17(19)21-18(13)23(16)22-15/h3-11H,1-2H3. The molecule has 0 aliphatic carbocycles. The smallest absolute Gasteiger partial charge is 0.166 e. The summed E-state index contributed by atoms with van der Waals surface area (Å²) in [5.41, 5.74) is 4.45. The molecule has 0 atom stereocenters. The average molecular weight is 323 g/mol. The first-order valence-corrected chi connectivity index (χ1v) is 7.91. The van der Waals surface area contributed by atoms with Gasteiger partial charge < -0.3 is 0 Å². The molecule has 0 radical (unpaired) electrons. The highest BCUT2D eigenvalue weighted by Crippen LogP contribution is 2.30. The fourth-order valence-electron chi connectivity index (χ4n) is 2.64. The van der Waals surface area contributed by atoms with Gasteiger partial charge in [0.2, 0.25) is 0 Å². The Bertz CT molecular complexity index is 1010. The minimum Gasteiger partial charge on any atom is -0.236 e. The van der Waals surface area contributed by atoms with Crippen molar-refractivity contribution in [2.24, 2.45) is 0 Å². The van der Waals surface area contributed by atoms with E-state index in [4.69, 9.17) is 11.6 Å². The molecule has 0 saturated carbocycles. The molecule has 0 N–H and O–H groups in total. The fourth-order valence-corrected chi connectivity index (χ4v) is 2.88. The summed E-state index contributed by atoms with van der Waals surface area (Å²) in [5.74, 6) is 0.339. The van der Waals surface area contributed by atoms with Crippen LogP contribution >= 0.6 is 11.6 Å². The van der Waals surface area contributed by atoms with E-state index in [9.17, 15) is 0 Å². The zero-order valence-corrected chi connectivity index (χ0v) is 13.6. The molecule has 0 unspecified atom stereocenters. The summed E-state index contributed by atoms with van der Waals surface area (Å²) in [6.07, 6.45) is 1.83. The first-order chi connectivity index (χ1) is 11.1. The molecule has 0 fully saturated rings. The van der Waals surface area contributed by atoms with Crippen LogP contribution in [0.5, 0.6) is 0 Å². The van der Waals surface area contributed by atoms with E-state index >= 15 is 0 Å². The zero-order valence-electron chi connectivity index (χ0n) is 12.9. The lowest BCUT2D eigenvalue weighted by Crippen LogP contribution is -1.98. The van der Waals surface area contributed by atoms with Gasteiger partial charge in [-0.1, -0.05) is 55.8 Å². The second-order valence-corrected chi connectivity index (χ2v) is 6.22. The van der Waals surface area contributed by atoms with Crippen LogP contribution in [0.25, 0.3) is 27.8 Å². The number of rotatable bonds is 2. The SMILES string of the molecule is CC(C)c1cc2ncc3cc(-c4ccccc4)c(Cl)nc3n2n1. The molecule has 4 aromatic rings. The predicted molar refractivity (Wildman–Crippen MR) is 92.8 cm³/mol. The summed E-state index contributed by atoms with van der Waals surface area (Å²) in [7, 11) is 0. The van der Waals surface area contributed by atoms with Crippen molar-refractivity contribution in [2.45, 2.75) is 19.8 Å². The maximum atomic E-state index is 6.43. The summed E-state index contributed by atoms with van der Waals surface area (Å²) >= 11 is 6.43. The second kappa shape index (κ2) is 5.32. The average Bonchev–Trinajstić information content (AvgIpc) is 3.00.